The highest BCUT2D eigenvalue weighted by Gasteiger charge is 2.28. The van der Waals surface area contributed by atoms with Crippen LogP contribution in [0.4, 0.5) is 4.39 Å². The monoisotopic (exact) mass is 430 g/mol. The predicted octanol–water partition coefficient (Wildman–Crippen LogP) is 2.09. The van der Waals surface area contributed by atoms with Gasteiger partial charge in [0.2, 0.25) is 5.91 Å². The molecule has 2 N–H and O–H groups in total. The maximum Gasteiger partial charge on any atom is 0.220 e. The van der Waals surface area contributed by atoms with Crippen LogP contribution >= 0.6 is 0 Å². The smallest absolute Gasteiger partial charge is 0.220 e. The molecule has 0 bridgehead atoms. The number of hydrogen-bond acceptors (Lipinski definition) is 6. The van der Waals surface area contributed by atoms with E-state index >= 15 is 0 Å². The van der Waals surface area contributed by atoms with E-state index in [1.54, 1.807) is 12.1 Å². The lowest BCUT2D eigenvalue weighted by atomic mass is 9.81. The molecule has 0 saturated carbocycles. The Morgan fingerprint density at radius 2 is 2.03 bits per heavy atom. The zero-order valence-corrected chi connectivity index (χ0v) is 17.8. The normalized spacial score (nSPS) is 22.4. The lowest BCUT2D eigenvalue weighted by Crippen LogP contribution is -2.43. The summed E-state index contributed by atoms with van der Waals surface area (Å²) in [6.45, 7) is 6.76. The Labute approximate surface area is 182 Å². The predicted molar refractivity (Wildman–Crippen MR) is 115 cm³/mol. The van der Waals surface area contributed by atoms with Crippen LogP contribution in [-0.2, 0) is 16.0 Å². The number of piperidine rings is 1. The van der Waals surface area contributed by atoms with Crippen molar-refractivity contribution in [3.63, 3.8) is 0 Å². The minimum Gasteiger partial charge on any atom is -0.379 e. The number of amides is 1. The molecule has 1 aromatic carbocycles. The Morgan fingerprint density at radius 1 is 1.23 bits per heavy atom. The number of benzene rings is 1. The Morgan fingerprint density at radius 3 is 2.84 bits per heavy atom. The molecule has 1 amide bonds. The van der Waals surface area contributed by atoms with E-state index in [0.717, 1.165) is 70.0 Å². The van der Waals surface area contributed by atoms with Gasteiger partial charge in [0, 0.05) is 44.2 Å². The van der Waals surface area contributed by atoms with Gasteiger partial charge in [-0.3, -0.25) is 9.69 Å². The number of morpholine rings is 1. The van der Waals surface area contributed by atoms with Crippen molar-refractivity contribution in [2.75, 3.05) is 52.5 Å². The van der Waals surface area contributed by atoms with Crippen molar-refractivity contribution in [2.45, 2.75) is 19.3 Å². The highest BCUT2D eigenvalue weighted by atomic mass is 19.1. The molecule has 2 saturated heterocycles. The van der Waals surface area contributed by atoms with E-state index in [9.17, 15) is 9.18 Å². The molecule has 2 fully saturated rings. The second-order valence-electron chi connectivity index (χ2n) is 8.41. The average molecular weight is 431 g/mol. The Bertz CT molecular complexity index is 836. The first-order valence-electron chi connectivity index (χ1n) is 11.2. The third kappa shape index (κ3) is 6.35. The molecule has 2 aromatic rings. The van der Waals surface area contributed by atoms with Crippen molar-refractivity contribution in [3.8, 4) is 11.3 Å². The van der Waals surface area contributed by atoms with Crippen molar-refractivity contribution in [1.82, 2.24) is 20.7 Å². The van der Waals surface area contributed by atoms with Gasteiger partial charge >= 0.3 is 0 Å². The quantitative estimate of drug-likeness (QED) is 0.668. The first-order chi connectivity index (χ1) is 15.2. The van der Waals surface area contributed by atoms with E-state index < -0.39 is 0 Å². The molecule has 0 aliphatic carbocycles. The van der Waals surface area contributed by atoms with E-state index in [4.69, 9.17) is 9.26 Å². The van der Waals surface area contributed by atoms with Gasteiger partial charge in [-0.15, -0.1) is 0 Å². The minimum absolute atomic E-state index is 0.123. The van der Waals surface area contributed by atoms with Gasteiger partial charge in [0.25, 0.3) is 0 Å². The van der Waals surface area contributed by atoms with Crippen LogP contribution in [0.1, 0.15) is 18.5 Å². The van der Waals surface area contributed by atoms with Gasteiger partial charge in [0.15, 0.2) is 5.76 Å². The number of rotatable bonds is 8. The summed E-state index contributed by atoms with van der Waals surface area (Å²) < 4.78 is 24.0. The van der Waals surface area contributed by atoms with Crippen molar-refractivity contribution < 1.29 is 18.4 Å². The van der Waals surface area contributed by atoms with Gasteiger partial charge in [0.1, 0.15) is 5.82 Å². The standard InChI is InChI=1S/C23H31FN4O3/c24-20-3-1-17(2-4-20)22-15-21(27-31-22)13-19-16-25-6-5-18(19)14-23(29)26-7-8-28-9-11-30-12-10-28/h1-4,15,18-19,25H,5-14,16H2,(H,26,29). The molecule has 0 spiro atoms. The van der Waals surface area contributed by atoms with Crippen LogP contribution in [0.3, 0.4) is 0 Å². The maximum absolute atomic E-state index is 13.1. The Hall–Kier alpha value is -2.29. The fraction of sp³-hybridized carbons (Fsp3) is 0.565. The summed E-state index contributed by atoms with van der Waals surface area (Å²) in [5.74, 6) is 1.12. The number of hydrogen-bond donors (Lipinski definition) is 2. The second-order valence-corrected chi connectivity index (χ2v) is 8.41. The van der Waals surface area contributed by atoms with Gasteiger partial charge in [-0.1, -0.05) is 5.16 Å². The van der Waals surface area contributed by atoms with Crippen LogP contribution < -0.4 is 10.6 Å². The number of halogens is 1. The number of nitrogens with zero attached hydrogens (tertiary/aromatic N) is 2. The number of carbonyl (C=O) groups is 1. The summed E-state index contributed by atoms with van der Waals surface area (Å²) in [6, 6.07) is 8.12. The summed E-state index contributed by atoms with van der Waals surface area (Å²) in [7, 11) is 0. The molecule has 3 heterocycles. The molecule has 2 aliphatic rings. The largest absolute Gasteiger partial charge is 0.379 e. The lowest BCUT2D eigenvalue weighted by Gasteiger charge is -2.31. The Balaban J connectivity index is 1.27. The van der Waals surface area contributed by atoms with Gasteiger partial charge < -0.3 is 19.9 Å². The van der Waals surface area contributed by atoms with Crippen LogP contribution in [0.15, 0.2) is 34.9 Å². The summed E-state index contributed by atoms with van der Waals surface area (Å²) in [5, 5.41) is 10.7. The molecule has 1 aromatic heterocycles. The van der Waals surface area contributed by atoms with Crippen LogP contribution in [0.25, 0.3) is 11.3 Å². The van der Waals surface area contributed by atoms with Crippen molar-refractivity contribution in [3.05, 3.63) is 41.8 Å². The lowest BCUT2D eigenvalue weighted by molar-refractivity contribution is -0.122. The first-order valence-corrected chi connectivity index (χ1v) is 11.2. The molecule has 31 heavy (non-hydrogen) atoms. The van der Waals surface area contributed by atoms with E-state index in [1.165, 1.54) is 12.1 Å². The third-order valence-electron chi connectivity index (χ3n) is 6.23. The molecule has 8 heteroatoms. The summed E-state index contributed by atoms with van der Waals surface area (Å²) in [5.41, 5.74) is 1.67. The molecule has 2 aliphatic heterocycles. The zero-order valence-electron chi connectivity index (χ0n) is 17.8. The number of nitrogens with one attached hydrogen (secondary N) is 2. The van der Waals surface area contributed by atoms with Gasteiger partial charge in [-0.25, -0.2) is 4.39 Å². The van der Waals surface area contributed by atoms with E-state index in [-0.39, 0.29) is 11.7 Å². The van der Waals surface area contributed by atoms with E-state index in [0.29, 0.717) is 30.6 Å². The summed E-state index contributed by atoms with van der Waals surface area (Å²) >= 11 is 0. The van der Waals surface area contributed by atoms with Gasteiger partial charge in [-0.2, -0.15) is 0 Å². The zero-order chi connectivity index (χ0) is 21.5. The fourth-order valence-corrected chi connectivity index (χ4v) is 4.40. The number of aromatic nitrogens is 1. The summed E-state index contributed by atoms with van der Waals surface area (Å²) in [4.78, 5) is 14.8. The van der Waals surface area contributed by atoms with Crippen molar-refractivity contribution in [1.29, 1.82) is 0 Å². The van der Waals surface area contributed by atoms with Crippen LogP contribution in [0, 0.1) is 17.7 Å². The van der Waals surface area contributed by atoms with Crippen LogP contribution in [0.5, 0.6) is 0 Å². The highest BCUT2D eigenvalue weighted by molar-refractivity contribution is 5.76. The molecule has 2 atom stereocenters. The van der Waals surface area contributed by atoms with Gasteiger partial charge in [-0.05, 0) is 62.0 Å². The Kier molecular flexibility index (Phi) is 7.66. The molecule has 168 valence electrons. The maximum atomic E-state index is 13.1. The van der Waals surface area contributed by atoms with Crippen molar-refractivity contribution in [2.24, 2.45) is 11.8 Å². The first kappa shape index (κ1) is 21.9. The SMILES string of the molecule is O=C(CC1CCNCC1Cc1cc(-c2ccc(F)cc2)on1)NCCN1CCOCC1. The highest BCUT2D eigenvalue weighted by Crippen LogP contribution is 2.28. The fourth-order valence-electron chi connectivity index (χ4n) is 4.40. The number of ether oxygens (including phenoxy) is 1. The summed E-state index contributed by atoms with van der Waals surface area (Å²) in [6.07, 6.45) is 2.27. The van der Waals surface area contributed by atoms with Gasteiger partial charge in [0.05, 0.1) is 18.9 Å². The van der Waals surface area contributed by atoms with Crippen LogP contribution in [0.2, 0.25) is 0 Å². The van der Waals surface area contributed by atoms with E-state index in [1.807, 2.05) is 6.07 Å². The molecular weight excluding hydrogens is 399 g/mol. The average Bonchev–Trinajstić information content (AvgIpc) is 3.25. The minimum atomic E-state index is -0.275. The number of carbonyl (C=O) groups excluding carboxylic acids is 1. The topological polar surface area (TPSA) is 79.6 Å². The molecule has 4 rings (SSSR count). The van der Waals surface area contributed by atoms with E-state index in [2.05, 4.69) is 20.7 Å². The molecule has 2 unspecified atom stereocenters. The molecular formula is C23H31FN4O3. The second kappa shape index (κ2) is 10.8. The van der Waals surface area contributed by atoms with Crippen molar-refractivity contribution >= 4 is 5.91 Å². The third-order valence-corrected chi connectivity index (χ3v) is 6.23. The molecule has 0 radical (unpaired) electrons. The van der Waals surface area contributed by atoms with Crippen LogP contribution in [-0.4, -0.2) is 68.4 Å². The molecule has 7 nitrogen and oxygen atoms in total.